The van der Waals surface area contributed by atoms with E-state index in [1.54, 1.807) is 24.6 Å². The third kappa shape index (κ3) is 3.08. The molecule has 0 saturated heterocycles. The second-order valence-corrected chi connectivity index (χ2v) is 8.52. The maximum atomic E-state index is 14.5. The molecule has 3 aliphatic rings. The van der Waals surface area contributed by atoms with E-state index in [4.69, 9.17) is 4.74 Å². The summed E-state index contributed by atoms with van der Waals surface area (Å²) < 4.78 is 33.9. The molecule has 4 rings (SSSR count). The Kier molecular flexibility index (Phi) is 5.07. The van der Waals surface area contributed by atoms with Crippen molar-refractivity contribution in [2.75, 3.05) is 6.61 Å². The summed E-state index contributed by atoms with van der Waals surface area (Å²) in [6.07, 6.45) is 10.7. The van der Waals surface area contributed by atoms with Gasteiger partial charge in [-0.1, -0.05) is 17.7 Å². The number of allylic oxidation sites excluding steroid dienone is 2. The molecule has 0 aromatic heterocycles. The van der Waals surface area contributed by atoms with Crippen LogP contribution < -0.4 is 4.74 Å². The molecule has 0 amide bonds. The largest absolute Gasteiger partial charge is 0.491 e. The lowest BCUT2D eigenvalue weighted by Gasteiger charge is -2.35. The van der Waals surface area contributed by atoms with Crippen molar-refractivity contribution in [1.82, 2.24) is 0 Å². The van der Waals surface area contributed by atoms with Crippen LogP contribution in [-0.2, 0) is 0 Å². The molecular formula is C23H30F2O. The molecule has 26 heavy (non-hydrogen) atoms. The Bertz CT molecular complexity index is 688. The molecule has 0 heterocycles. The standard InChI is InChI=1S/C23H30F2O/c1-3-26-21-13-12-19(22(24)23(21)25)16-7-5-15(6-8-16)18-11-10-17-14(2)4-9-20(17)18/h4,12-13,15-18,20H,3,5-11H2,1-2H3. The van der Waals surface area contributed by atoms with E-state index in [0.29, 0.717) is 12.2 Å². The topological polar surface area (TPSA) is 9.23 Å². The van der Waals surface area contributed by atoms with Crippen LogP contribution in [0, 0.1) is 35.3 Å². The molecule has 1 nitrogen and oxygen atoms in total. The molecule has 1 aromatic carbocycles. The Morgan fingerprint density at radius 2 is 1.73 bits per heavy atom. The van der Waals surface area contributed by atoms with Gasteiger partial charge >= 0.3 is 0 Å². The summed E-state index contributed by atoms with van der Waals surface area (Å²) in [5.74, 6) is 1.97. The minimum Gasteiger partial charge on any atom is -0.491 e. The molecular weight excluding hydrogens is 330 g/mol. The monoisotopic (exact) mass is 360 g/mol. The Morgan fingerprint density at radius 1 is 0.962 bits per heavy atom. The summed E-state index contributed by atoms with van der Waals surface area (Å²) in [7, 11) is 0. The van der Waals surface area contributed by atoms with Gasteiger partial charge in [0.2, 0.25) is 5.82 Å². The Hall–Kier alpha value is -1.38. The van der Waals surface area contributed by atoms with Crippen LogP contribution in [-0.4, -0.2) is 6.61 Å². The number of rotatable bonds is 4. The summed E-state index contributed by atoms with van der Waals surface area (Å²) >= 11 is 0. The maximum Gasteiger partial charge on any atom is 0.200 e. The van der Waals surface area contributed by atoms with Crippen LogP contribution in [0.3, 0.4) is 0 Å². The molecule has 0 spiro atoms. The van der Waals surface area contributed by atoms with Crippen LogP contribution in [0.4, 0.5) is 8.78 Å². The summed E-state index contributed by atoms with van der Waals surface area (Å²) in [5.41, 5.74) is 2.16. The van der Waals surface area contributed by atoms with Crippen molar-refractivity contribution in [2.24, 2.45) is 23.7 Å². The van der Waals surface area contributed by atoms with Crippen molar-refractivity contribution in [1.29, 1.82) is 0 Å². The number of fused-ring (bicyclic) bond motifs is 1. The van der Waals surface area contributed by atoms with Crippen LogP contribution in [0.2, 0.25) is 0 Å². The van der Waals surface area contributed by atoms with Crippen molar-refractivity contribution in [3.63, 3.8) is 0 Å². The molecule has 3 heteroatoms. The van der Waals surface area contributed by atoms with Crippen molar-refractivity contribution < 1.29 is 13.5 Å². The van der Waals surface area contributed by atoms with Crippen molar-refractivity contribution in [3.8, 4) is 5.75 Å². The fourth-order valence-electron chi connectivity index (χ4n) is 6.05. The van der Waals surface area contributed by atoms with Gasteiger partial charge in [-0.2, -0.15) is 4.39 Å². The molecule has 142 valence electrons. The highest BCUT2D eigenvalue weighted by atomic mass is 19.2. The third-order valence-corrected chi connectivity index (χ3v) is 7.37. The summed E-state index contributed by atoms with van der Waals surface area (Å²) in [4.78, 5) is 0. The predicted octanol–water partition coefficient (Wildman–Crippen LogP) is 6.63. The minimum atomic E-state index is -0.822. The zero-order valence-electron chi connectivity index (χ0n) is 15.9. The summed E-state index contributed by atoms with van der Waals surface area (Å²) in [6.45, 7) is 4.42. The second kappa shape index (κ2) is 7.32. The Morgan fingerprint density at radius 3 is 2.46 bits per heavy atom. The van der Waals surface area contributed by atoms with Gasteiger partial charge in [-0.05, 0) is 100 Å². The first-order chi connectivity index (χ1) is 12.6. The first-order valence-electron chi connectivity index (χ1n) is 10.4. The number of hydrogen-bond donors (Lipinski definition) is 0. The van der Waals surface area contributed by atoms with E-state index in [1.807, 2.05) is 0 Å². The lowest BCUT2D eigenvalue weighted by molar-refractivity contribution is 0.184. The highest BCUT2D eigenvalue weighted by Crippen LogP contribution is 2.53. The van der Waals surface area contributed by atoms with Gasteiger partial charge in [-0.25, -0.2) is 4.39 Å². The average molecular weight is 360 g/mol. The lowest BCUT2D eigenvalue weighted by atomic mass is 9.70. The molecule has 0 bridgehead atoms. The van der Waals surface area contributed by atoms with Crippen LogP contribution in [0.15, 0.2) is 23.8 Å². The SMILES string of the molecule is CCOc1ccc(C2CCC(C3CCC4C(C)=CCC43)CC2)c(F)c1F. The Balaban J connectivity index is 1.41. The highest BCUT2D eigenvalue weighted by Gasteiger charge is 2.43. The van der Waals surface area contributed by atoms with Gasteiger partial charge in [0.05, 0.1) is 6.61 Å². The van der Waals surface area contributed by atoms with E-state index >= 15 is 0 Å². The number of benzene rings is 1. The molecule has 3 aliphatic carbocycles. The second-order valence-electron chi connectivity index (χ2n) is 8.52. The van der Waals surface area contributed by atoms with Gasteiger partial charge in [-0.15, -0.1) is 0 Å². The average Bonchev–Trinajstić information content (AvgIpc) is 3.23. The number of ether oxygens (including phenoxy) is 1. The molecule has 0 N–H and O–H groups in total. The van der Waals surface area contributed by atoms with Gasteiger partial charge in [0.1, 0.15) is 0 Å². The lowest BCUT2D eigenvalue weighted by Crippen LogP contribution is -2.25. The molecule has 3 unspecified atom stereocenters. The summed E-state index contributed by atoms with van der Waals surface area (Å²) in [5, 5.41) is 0. The Labute approximate surface area is 155 Å². The van der Waals surface area contributed by atoms with E-state index in [2.05, 4.69) is 13.0 Å². The predicted molar refractivity (Wildman–Crippen MR) is 100 cm³/mol. The van der Waals surface area contributed by atoms with E-state index in [9.17, 15) is 8.78 Å². The first-order valence-corrected chi connectivity index (χ1v) is 10.4. The molecule has 0 radical (unpaired) electrons. The normalized spacial score (nSPS) is 33.8. The maximum absolute atomic E-state index is 14.5. The van der Waals surface area contributed by atoms with E-state index < -0.39 is 11.6 Å². The molecule has 3 atom stereocenters. The van der Waals surface area contributed by atoms with Gasteiger partial charge in [0.25, 0.3) is 0 Å². The third-order valence-electron chi connectivity index (χ3n) is 7.37. The fraction of sp³-hybridized carbons (Fsp3) is 0.652. The zero-order chi connectivity index (χ0) is 18.3. The van der Waals surface area contributed by atoms with Crippen LogP contribution in [0.25, 0.3) is 0 Å². The van der Waals surface area contributed by atoms with E-state index in [1.165, 1.54) is 19.3 Å². The first kappa shape index (κ1) is 18.0. The van der Waals surface area contributed by atoms with E-state index in [0.717, 1.165) is 49.4 Å². The van der Waals surface area contributed by atoms with Gasteiger partial charge in [-0.3, -0.25) is 0 Å². The summed E-state index contributed by atoms with van der Waals surface area (Å²) in [6, 6.07) is 3.34. The highest BCUT2D eigenvalue weighted by molar-refractivity contribution is 5.33. The zero-order valence-corrected chi connectivity index (χ0v) is 15.9. The van der Waals surface area contributed by atoms with Crippen LogP contribution >= 0.6 is 0 Å². The van der Waals surface area contributed by atoms with E-state index in [-0.39, 0.29) is 11.7 Å². The molecule has 2 saturated carbocycles. The van der Waals surface area contributed by atoms with Crippen molar-refractivity contribution in [3.05, 3.63) is 41.0 Å². The fourth-order valence-corrected chi connectivity index (χ4v) is 6.05. The quantitative estimate of drug-likeness (QED) is 0.548. The van der Waals surface area contributed by atoms with Gasteiger partial charge in [0, 0.05) is 0 Å². The van der Waals surface area contributed by atoms with Crippen molar-refractivity contribution in [2.45, 2.75) is 64.7 Å². The van der Waals surface area contributed by atoms with Gasteiger partial charge in [0.15, 0.2) is 11.6 Å². The minimum absolute atomic E-state index is 0.0311. The molecule has 0 aliphatic heterocycles. The van der Waals surface area contributed by atoms with Crippen LogP contribution in [0.5, 0.6) is 5.75 Å². The molecule has 2 fully saturated rings. The van der Waals surface area contributed by atoms with Gasteiger partial charge < -0.3 is 4.74 Å². The van der Waals surface area contributed by atoms with Crippen molar-refractivity contribution >= 4 is 0 Å². The number of halogens is 2. The number of hydrogen-bond acceptors (Lipinski definition) is 1. The smallest absolute Gasteiger partial charge is 0.200 e. The molecule has 1 aromatic rings. The van der Waals surface area contributed by atoms with Crippen LogP contribution in [0.1, 0.15) is 70.3 Å².